The zero-order chi connectivity index (χ0) is 15.2. The Morgan fingerprint density at radius 2 is 2.05 bits per heavy atom. The highest BCUT2D eigenvalue weighted by molar-refractivity contribution is 7.81. The van der Waals surface area contributed by atoms with Crippen LogP contribution in [-0.2, 0) is 14.4 Å². The summed E-state index contributed by atoms with van der Waals surface area (Å²) in [6.45, 7) is 3.19. The maximum absolute atomic E-state index is 11.6. The number of thiol groups is 1. The van der Waals surface area contributed by atoms with Crippen LogP contribution in [0.1, 0.15) is 32.1 Å². The summed E-state index contributed by atoms with van der Waals surface area (Å²) >= 11 is 4.08. The van der Waals surface area contributed by atoms with Gasteiger partial charge in [0.1, 0.15) is 0 Å². The molecule has 0 aliphatic carbocycles. The molecule has 0 aromatic heterocycles. The standard InChI is InChI=1S/C14H23N3O3S/c18-12(16-9-10-7-15-8-10)4-2-1-3-5-17-13(19)6-11(21)14(17)20/h10-11,15,21H,1-9H2,(H,16,18). The van der Waals surface area contributed by atoms with Gasteiger partial charge in [0.05, 0.1) is 5.25 Å². The number of hydrogen-bond donors (Lipinski definition) is 3. The van der Waals surface area contributed by atoms with Crippen LogP contribution in [0.25, 0.3) is 0 Å². The molecule has 118 valence electrons. The summed E-state index contributed by atoms with van der Waals surface area (Å²) in [6.07, 6.45) is 3.09. The molecule has 2 aliphatic heterocycles. The van der Waals surface area contributed by atoms with Gasteiger partial charge in [0.15, 0.2) is 0 Å². The highest BCUT2D eigenvalue weighted by Crippen LogP contribution is 2.18. The van der Waals surface area contributed by atoms with E-state index in [1.165, 1.54) is 4.90 Å². The molecule has 0 saturated carbocycles. The van der Waals surface area contributed by atoms with Gasteiger partial charge < -0.3 is 10.6 Å². The van der Waals surface area contributed by atoms with Crippen LogP contribution in [0.15, 0.2) is 0 Å². The lowest BCUT2D eigenvalue weighted by atomic mass is 10.0. The van der Waals surface area contributed by atoms with E-state index >= 15 is 0 Å². The monoisotopic (exact) mass is 313 g/mol. The smallest absolute Gasteiger partial charge is 0.242 e. The third-order valence-electron chi connectivity index (χ3n) is 3.96. The first-order chi connectivity index (χ1) is 10.1. The molecule has 0 bridgehead atoms. The van der Waals surface area contributed by atoms with E-state index in [1.54, 1.807) is 0 Å². The van der Waals surface area contributed by atoms with E-state index in [2.05, 4.69) is 23.3 Å². The third kappa shape index (κ3) is 4.71. The molecule has 21 heavy (non-hydrogen) atoms. The van der Waals surface area contributed by atoms with Crippen LogP contribution >= 0.6 is 12.6 Å². The minimum Gasteiger partial charge on any atom is -0.356 e. The molecule has 0 aromatic carbocycles. The van der Waals surface area contributed by atoms with Gasteiger partial charge in [-0.1, -0.05) is 6.42 Å². The highest BCUT2D eigenvalue weighted by atomic mass is 32.1. The predicted octanol–water partition coefficient (Wildman–Crippen LogP) is -0.0603. The molecule has 2 N–H and O–H groups in total. The van der Waals surface area contributed by atoms with Crippen molar-refractivity contribution in [2.24, 2.45) is 5.92 Å². The number of carbonyl (C=O) groups is 3. The first-order valence-corrected chi connectivity index (χ1v) is 8.09. The van der Waals surface area contributed by atoms with E-state index in [1.807, 2.05) is 0 Å². The van der Waals surface area contributed by atoms with Gasteiger partial charge in [-0.15, -0.1) is 0 Å². The minimum atomic E-state index is -0.468. The van der Waals surface area contributed by atoms with Crippen molar-refractivity contribution in [3.8, 4) is 0 Å². The molecular formula is C14H23N3O3S. The summed E-state index contributed by atoms with van der Waals surface area (Å²) in [4.78, 5) is 36.1. The predicted molar refractivity (Wildman–Crippen MR) is 81.9 cm³/mol. The van der Waals surface area contributed by atoms with E-state index in [-0.39, 0.29) is 24.1 Å². The molecule has 2 aliphatic rings. The van der Waals surface area contributed by atoms with E-state index in [4.69, 9.17) is 0 Å². The Labute approximate surface area is 130 Å². The van der Waals surface area contributed by atoms with Crippen molar-refractivity contribution in [1.82, 2.24) is 15.5 Å². The summed E-state index contributed by atoms with van der Waals surface area (Å²) in [7, 11) is 0. The summed E-state index contributed by atoms with van der Waals surface area (Å²) in [5, 5.41) is 5.63. The SMILES string of the molecule is O=C(CCCCCN1C(=O)CC(S)C1=O)NCC1CNC1. The second-order valence-electron chi connectivity index (χ2n) is 5.74. The first-order valence-electron chi connectivity index (χ1n) is 7.57. The largest absolute Gasteiger partial charge is 0.356 e. The number of carbonyl (C=O) groups excluding carboxylic acids is 3. The van der Waals surface area contributed by atoms with Crippen molar-refractivity contribution in [3.05, 3.63) is 0 Å². The van der Waals surface area contributed by atoms with E-state index in [0.717, 1.165) is 38.9 Å². The number of likely N-dealkylation sites (tertiary alicyclic amines) is 1. The van der Waals surface area contributed by atoms with Gasteiger partial charge >= 0.3 is 0 Å². The van der Waals surface area contributed by atoms with Crippen molar-refractivity contribution in [2.75, 3.05) is 26.2 Å². The van der Waals surface area contributed by atoms with Crippen LogP contribution in [0.4, 0.5) is 0 Å². The van der Waals surface area contributed by atoms with E-state index in [0.29, 0.717) is 18.9 Å². The quantitative estimate of drug-likeness (QED) is 0.333. The second kappa shape index (κ2) is 7.79. The molecule has 3 amide bonds. The molecule has 0 spiro atoms. The van der Waals surface area contributed by atoms with Gasteiger partial charge in [-0.3, -0.25) is 19.3 Å². The molecule has 0 aromatic rings. The number of amides is 3. The lowest BCUT2D eigenvalue weighted by Gasteiger charge is -2.27. The molecule has 6 nitrogen and oxygen atoms in total. The molecule has 2 rings (SSSR count). The van der Waals surface area contributed by atoms with Crippen LogP contribution in [0, 0.1) is 5.92 Å². The maximum Gasteiger partial charge on any atom is 0.242 e. The number of imide groups is 1. The maximum atomic E-state index is 11.6. The molecule has 1 atom stereocenters. The summed E-state index contributed by atoms with van der Waals surface area (Å²) in [6, 6.07) is 0. The lowest BCUT2D eigenvalue weighted by molar-refractivity contribution is -0.138. The minimum absolute atomic E-state index is 0.0886. The van der Waals surface area contributed by atoms with Gasteiger partial charge in [-0.05, 0) is 12.8 Å². The molecule has 2 fully saturated rings. The molecule has 2 heterocycles. The average molecular weight is 313 g/mol. The highest BCUT2D eigenvalue weighted by Gasteiger charge is 2.35. The zero-order valence-electron chi connectivity index (χ0n) is 12.1. The Morgan fingerprint density at radius 3 is 2.62 bits per heavy atom. The molecule has 1 unspecified atom stereocenters. The van der Waals surface area contributed by atoms with Gasteiger partial charge in [0, 0.05) is 44.9 Å². The fourth-order valence-electron chi connectivity index (χ4n) is 2.47. The summed E-state index contributed by atoms with van der Waals surface area (Å²) in [5.74, 6) is 0.350. The van der Waals surface area contributed by atoms with Gasteiger partial charge in [-0.2, -0.15) is 12.6 Å². The van der Waals surface area contributed by atoms with Crippen LogP contribution < -0.4 is 10.6 Å². The van der Waals surface area contributed by atoms with Crippen molar-refractivity contribution in [1.29, 1.82) is 0 Å². The Balaban J connectivity index is 1.50. The van der Waals surface area contributed by atoms with Crippen LogP contribution in [0.2, 0.25) is 0 Å². The zero-order valence-corrected chi connectivity index (χ0v) is 13.0. The van der Waals surface area contributed by atoms with Crippen molar-refractivity contribution in [2.45, 2.75) is 37.4 Å². The van der Waals surface area contributed by atoms with Crippen molar-refractivity contribution < 1.29 is 14.4 Å². The third-order valence-corrected chi connectivity index (χ3v) is 4.36. The number of rotatable bonds is 8. The van der Waals surface area contributed by atoms with Crippen LogP contribution in [0.5, 0.6) is 0 Å². The van der Waals surface area contributed by atoms with Crippen molar-refractivity contribution >= 4 is 30.4 Å². The average Bonchev–Trinajstić information content (AvgIpc) is 2.62. The summed E-state index contributed by atoms with van der Waals surface area (Å²) < 4.78 is 0. The Morgan fingerprint density at radius 1 is 1.29 bits per heavy atom. The van der Waals surface area contributed by atoms with E-state index < -0.39 is 5.25 Å². The van der Waals surface area contributed by atoms with Gasteiger partial charge in [0.25, 0.3) is 0 Å². The number of nitrogens with one attached hydrogen (secondary N) is 2. The van der Waals surface area contributed by atoms with Crippen LogP contribution in [-0.4, -0.2) is 54.1 Å². The number of nitrogens with zero attached hydrogens (tertiary/aromatic N) is 1. The number of unbranched alkanes of at least 4 members (excludes halogenated alkanes) is 2. The second-order valence-corrected chi connectivity index (χ2v) is 6.37. The fourth-order valence-corrected chi connectivity index (χ4v) is 2.77. The summed E-state index contributed by atoms with van der Waals surface area (Å²) in [5.41, 5.74) is 0. The fraction of sp³-hybridized carbons (Fsp3) is 0.786. The first kappa shape index (κ1) is 16.3. The van der Waals surface area contributed by atoms with Gasteiger partial charge in [-0.25, -0.2) is 0 Å². The molecular weight excluding hydrogens is 290 g/mol. The van der Waals surface area contributed by atoms with Crippen LogP contribution in [0.3, 0.4) is 0 Å². The Hall–Kier alpha value is -1.08. The normalized spacial score (nSPS) is 22.5. The lowest BCUT2D eigenvalue weighted by Crippen LogP contribution is -2.48. The van der Waals surface area contributed by atoms with Gasteiger partial charge in [0.2, 0.25) is 17.7 Å². The molecule has 7 heteroatoms. The number of hydrogen-bond acceptors (Lipinski definition) is 5. The van der Waals surface area contributed by atoms with E-state index in [9.17, 15) is 14.4 Å². The molecule has 0 radical (unpaired) electrons. The van der Waals surface area contributed by atoms with Crippen molar-refractivity contribution in [3.63, 3.8) is 0 Å². The topological polar surface area (TPSA) is 78.5 Å². The Bertz CT molecular complexity index is 412. The molecule has 2 saturated heterocycles. The Kier molecular flexibility index (Phi) is 6.05.